The Bertz CT molecular complexity index is 506. The van der Waals surface area contributed by atoms with Gasteiger partial charge in [-0.25, -0.2) is 4.79 Å². The van der Waals surface area contributed by atoms with Gasteiger partial charge in [-0.15, -0.1) is 0 Å². The summed E-state index contributed by atoms with van der Waals surface area (Å²) in [5, 5.41) is 11.6. The van der Waals surface area contributed by atoms with E-state index in [4.69, 9.17) is 26.2 Å². The van der Waals surface area contributed by atoms with Gasteiger partial charge < -0.3 is 19.9 Å². The Hall–Kier alpha value is -1.79. The summed E-state index contributed by atoms with van der Waals surface area (Å²) in [6.07, 6.45) is -0.669. The molecular weight excluding hydrogens is 310 g/mol. The van der Waals surface area contributed by atoms with Crippen LogP contribution in [0.4, 0.5) is 0 Å². The van der Waals surface area contributed by atoms with Crippen LogP contribution in [0.2, 0.25) is 5.02 Å². The minimum atomic E-state index is -1.05. The van der Waals surface area contributed by atoms with E-state index in [1.807, 2.05) is 13.8 Å². The van der Waals surface area contributed by atoms with Gasteiger partial charge in [-0.1, -0.05) is 31.5 Å². The quantitative estimate of drug-likeness (QED) is 0.676. The molecule has 2 N–H and O–H groups in total. The van der Waals surface area contributed by atoms with Gasteiger partial charge >= 0.3 is 5.97 Å². The minimum Gasteiger partial charge on any atom is -0.480 e. The SMILES string of the molecule is CC(C)C(Oc1cccc(Cl)c1)C(=O)NCCOCC(=O)O. The Kier molecular flexibility index (Phi) is 7.70. The van der Waals surface area contributed by atoms with Gasteiger partial charge in [0.1, 0.15) is 12.4 Å². The first-order chi connectivity index (χ1) is 10.4. The highest BCUT2D eigenvalue weighted by Crippen LogP contribution is 2.20. The standard InChI is InChI=1S/C15H20ClNO5/c1-10(2)14(22-12-5-3-4-11(16)8-12)15(20)17-6-7-21-9-13(18)19/h3-5,8,10,14H,6-7,9H2,1-2H3,(H,17,20)(H,18,19). The van der Waals surface area contributed by atoms with Crippen molar-refractivity contribution >= 4 is 23.5 Å². The summed E-state index contributed by atoms with van der Waals surface area (Å²) in [6.45, 7) is 3.70. The number of aliphatic carboxylic acids is 1. The molecule has 0 aliphatic carbocycles. The summed E-state index contributed by atoms with van der Waals surface area (Å²) >= 11 is 5.89. The predicted octanol–water partition coefficient (Wildman–Crippen LogP) is 1.96. The number of hydrogen-bond donors (Lipinski definition) is 2. The maximum absolute atomic E-state index is 12.1. The number of carboxylic acid groups (broad SMARTS) is 1. The summed E-state index contributed by atoms with van der Waals surface area (Å²) in [4.78, 5) is 22.4. The Labute approximate surface area is 134 Å². The van der Waals surface area contributed by atoms with E-state index in [1.54, 1.807) is 24.3 Å². The van der Waals surface area contributed by atoms with E-state index >= 15 is 0 Å². The molecule has 1 unspecified atom stereocenters. The molecule has 0 aromatic heterocycles. The van der Waals surface area contributed by atoms with Crippen molar-refractivity contribution in [2.45, 2.75) is 20.0 Å². The number of halogens is 1. The Morgan fingerprint density at radius 2 is 2.09 bits per heavy atom. The maximum atomic E-state index is 12.1. The molecule has 0 radical (unpaired) electrons. The van der Waals surface area contributed by atoms with Crippen molar-refractivity contribution < 1.29 is 24.2 Å². The normalized spacial score (nSPS) is 12.0. The molecule has 0 aliphatic heterocycles. The molecule has 1 atom stereocenters. The van der Waals surface area contributed by atoms with Crippen LogP contribution in [0.1, 0.15) is 13.8 Å². The number of carboxylic acids is 1. The van der Waals surface area contributed by atoms with Crippen molar-refractivity contribution in [3.8, 4) is 5.75 Å². The smallest absolute Gasteiger partial charge is 0.329 e. The predicted molar refractivity (Wildman–Crippen MR) is 82.2 cm³/mol. The molecule has 0 bridgehead atoms. The molecular formula is C15H20ClNO5. The zero-order valence-electron chi connectivity index (χ0n) is 12.5. The number of carbonyl (C=O) groups excluding carboxylic acids is 1. The molecule has 1 aromatic rings. The highest BCUT2D eigenvalue weighted by molar-refractivity contribution is 6.30. The molecule has 1 aromatic carbocycles. The van der Waals surface area contributed by atoms with Gasteiger partial charge in [-0.05, 0) is 24.1 Å². The van der Waals surface area contributed by atoms with E-state index < -0.39 is 12.1 Å². The lowest BCUT2D eigenvalue weighted by Gasteiger charge is -2.22. The third kappa shape index (κ3) is 6.78. The number of benzene rings is 1. The van der Waals surface area contributed by atoms with Gasteiger partial charge in [0, 0.05) is 11.6 Å². The van der Waals surface area contributed by atoms with Crippen LogP contribution in [-0.2, 0) is 14.3 Å². The number of carbonyl (C=O) groups is 2. The second-order valence-corrected chi connectivity index (χ2v) is 5.41. The second kappa shape index (κ2) is 9.27. The lowest BCUT2D eigenvalue weighted by molar-refractivity contribution is -0.142. The van der Waals surface area contributed by atoms with E-state index in [-0.39, 0.29) is 31.6 Å². The molecule has 0 saturated heterocycles. The minimum absolute atomic E-state index is 0.0427. The monoisotopic (exact) mass is 329 g/mol. The van der Waals surface area contributed by atoms with Crippen LogP contribution in [-0.4, -0.2) is 42.8 Å². The average Bonchev–Trinajstić information content (AvgIpc) is 2.43. The molecule has 0 aliphatic rings. The van der Waals surface area contributed by atoms with Gasteiger partial charge in [0.05, 0.1) is 6.61 Å². The fourth-order valence-electron chi connectivity index (χ4n) is 1.69. The number of hydrogen-bond acceptors (Lipinski definition) is 4. The molecule has 122 valence electrons. The molecule has 6 nitrogen and oxygen atoms in total. The molecule has 0 heterocycles. The van der Waals surface area contributed by atoms with Crippen molar-refractivity contribution in [3.05, 3.63) is 29.3 Å². The van der Waals surface area contributed by atoms with Gasteiger partial charge in [-0.3, -0.25) is 4.79 Å². The maximum Gasteiger partial charge on any atom is 0.329 e. The van der Waals surface area contributed by atoms with Crippen molar-refractivity contribution in [1.29, 1.82) is 0 Å². The van der Waals surface area contributed by atoms with Crippen molar-refractivity contribution in [2.75, 3.05) is 19.8 Å². The van der Waals surface area contributed by atoms with E-state index in [2.05, 4.69) is 5.32 Å². The van der Waals surface area contributed by atoms with Gasteiger partial charge in [-0.2, -0.15) is 0 Å². The second-order valence-electron chi connectivity index (χ2n) is 4.98. The molecule has 22 heavy (non-hydrogen) atoms. The molecule has 0 fully saturated rings. The Morgan fingerprint density at radius 3 is 2.68 bits per heavy atom. The summed E-state index contributed by atoms with van der Waals surface area (Å²) in [5.74, 6) is -0.855. The zero-order chi connectivity index (χ0) is 16.5. The summed E-state index contributed by atoms with van der Waals surface area (Å²) in [7, 11) is 0. The topological polar surface area (TPSA) is 84.9 Å². The first kappa shape index (κ1) is 18.3. The van der Waals surface area contributed by atoms with Gasteiger partial charge in [0.2, 0.25) is 0 Å². The largest absolute Gasteiger partial charge is 0.480 e. The first-order valence-corrected chi connectivity index (χ1v) is 7.27. The van der Waals surface area contributed by atoms with E-state index in [1.165, 1.54) is 0 Å². The third-order valence-corrected chi connectivity index (χ3v) is 2.93. The molecule has 0 saturated carbocycles. The molecule has 7 heteroatoms. The van der Waals surface area contributed by atoms with Gasteiger partial charge in [0.15, 0.2) is 6.10 Å². The number of rotatable bonds is 9. The highest BCUT2D eigenvalue weighted by atomic mass is 35.5. The lowest BCUT2D eigenvalue weighted by atomic mass is 10.1. The zero-order valence-corrected chi connectivity index (χ0v) is 13.3. The van der Waals surface area contributed by atoms with Gasteiger partial charge in [0.25, 0.3) is 5.91 Å². The van der Waals surface area contributed by atoms with Crippen molar-refractivity contribution in [1.82, 2.24) is 5.32 Å². The van der Waals surface area contributed by atoms with Crippen molar-refractivity contribution in [3.63, 3.8) is 0 Å². The van der Waals surface area contributed by atoms with Crippen LogP contribution < -0.4 is 10.1 Å². The van der Waals surface area contributed by atoms with Crippen LogP contribution in [0.5, 0.6) is 5.75 Å². The molecule has 1 amide bonds. The van der Waals surface area contributed by atoms with Crippen LogP contribution in [0, 0.1) is 5.92 Å². The van der Waals surface area contributed by atoms with Crippen molar-refractivity contribution in [2.24, 2.45) is 5.92 Å². The number of ether oxygens (including phenoxy) is 2. The van der Waals surface area contributed by atoms with E-state index in [0.29, 0.717) is 10.8 Å². The fraction of sp³-hybridized carbons (Fsp3) is 0.467. The summed E-state index contributed by atoms with van der Waals surface area (Å²) < 4.78 is 10.5. The Balaban J connectivity index is 2.48. The third-order valence-electron chi connectivity index (χ3n) is 2.69. The fourth-order valence-corrected chi connectivity index (χ4v) is 1.87. The summed E-state index contributed by atoms with van der Waals surface area (Å²) in [5.41, 5.74) is 0. The molecule has 0 spiro atoms. The average molecular weight is 330 g/mol. The van der Waals surface area contributed by atoms with E-state index in [9.17, 15) is 9.59 Å². The van der Waals surface area contributed by atoms with E-state index in [0.717, 1.165) is 0 Å². The number of amides is 1. The van der Waals surface area contributed by atoms with Crippen LogP contribution in [0.15, 0.2) is 24.3 Å². The van der Waals surface area contributed by atoms with Crippen LogP contribution in [0.25, 0.3) is 0 Å². The Morgan fingerprint density at radius 1 is 1.36 bits per heavy atom. The summed E-state index contributed by atoms with van der Waals surface area (Å²) in [6, 6.07) is 6.83. The van der Waals surface area contributed by atoms with Crippen LogP contribution in [0.3, 0.4) is 0 Å². The lowest BCUT2D eigenvalue weighted by Crippen LogP contribution is -2.43. The molecule has 1 rings (SSSR count). The van der Waals surface area contributed by atoms with Crippen LogP contribution >= 0.6 is 11.6 Å². The highest BCUT2D eigenvalue weighted by Gasteiger charge is 2.24. The first-order valence-electron chi connectivity index (χ1n) is 6.89. The number of nitrogens with one attached hydrogen (secondary N) is 1.